The summed E-state index contributed by atoms with van der Waals surface area (Å²) in [6.45, 7) is 27.2. The van der Waals surface area contributed by atoms with E-state index in [4.69, 9.17) is 57.9 Å². The maximum Gasteiger partial charge on any atom is 0.426 e. The van der Waals surface area contributed by atoms with Crippen molar-refractivity contribution in [2.45, 2.75) is 162 Å². The fourth-order valence-corrected chi connectivity index (χ4v) is 12.9. The molecule has 90 heavy (non-hydrogen) atoms. The van der Waals surface area contributed by atoms with Crippen LogP contribution in [0.3, 0.4) is 0 Å². The average Bonchev–Trinajstić information content (AvgIpc) is 0.822. The fourth-order valence-electron chi connectivity index (χ4n) is 8.82. The van der Waals surface area contributed by atoms with Crippen LogP contribution in [0.4, 0.5) is 19.2 Å². The van der Waals surface area contributed by atoms with Crippen molar-refractivity contribution in [2.75, 3.05) is 17.3 Å². The maximum atomic E-state index is 13.1. The molecule has 0 saturated carbocycles. The Kier molecular flexibility index (Phi) is 26.4. The summed E-state index contributed by atoms with van der Waals surface area (Å²) >= 11 is 19.7. The lowest BCUT2D eigenvalue weighted by Gasteiger charge is -2.35. The van der Waals surface area contributed by atoms with Crippen molar-refractivity contribution in [2.24, 2.45) is 20.7 Å². The summed E-state index contributed by atoms with van der Waals surface area (Å²) in [5.74, 6) is 2.38. The lowest BCUT2D eigenvalue weighted by Crippen LogP contribution is -2.47. The zero-order valence-electron chi connectivity index (χ0n) is 53.9. The highest BCUT2D eigenvalue weighted by atomic mass is 79.9. The van der Waals surface area contributed by atoms with E-state index >= 15 is 0 Å². The largest absolute Gasteiger partial charge is 0.443 e. The number of ether oxygens (including phenoxy) is 4. The Bertz CT molecular complexity index is 3430. The molecule has 0 spiro atoms. The number of hydrogen-bond acceptors (Lipinski definition) is 15. The average molecular weight is 1410 g/mol. The Balaban J connectivity index is 0.000000251. The number of amidine groups is 3. The van der Waals surface area contributed by atoms with Gasteiger partial charge in [-0.1, -0.05) is 172 Å². The van der Waals surface area contributed by atoms with Crippen LogP contribution in [0.25, 0.3) is 24.3 Å². The Morgan fingerprint density at radius 3 is 1.09 bits per heavy atom. The van der Waals surface area contributed by atoms with Crippen molar-refractivity contribution in [1.29, 1.82) is 0 Å². The molecule has 3 unspecified atom stereocenters. The molecular formula is C69H84BrCl3N6O8S3. The number of amides is 4. The highest BCUT2D eigenvalue weighted by Crippen LogP contribution is 2.41. The minimum Gasteiger partial charge on any atom is -0.443 e. The van der Waals surface area contributed by atoms with Gasteiger partial charge in [-0.05, 0) is 211 Å². The first-order valence-electron chi connectivity index (χ1n) is 29.2. The fraction of sp³-hybridized carbons (Fsp3) is 0.406. The monoisotopic (exact) mass is 1400 g/mol. The van der Waals surface area contributed by atoms with Gasteiger partial charge in [-0.2, -0.15) is 9.80 Å². The molecule has 0 radical (unpaired) electrons. The normalized spacial score (nSPS) is 19.4. The number of aliphatic imine (C=N–C) groups is 3. The third kappa shape index (κ3) is 23.4. The van der Waals surface area contributed by atoms with Gasteiger partial charge in [-0.25, -0.2) is 19.2 Å². The molecule has 5 aromatic carbocycles. The molecule has 0 aliphatic carbocycles. The van der Waals surface area contributed by atoms with Crippen LogP contribution in [0.1, 0.15) is 162 Å². The van der Waals surface area contributed by atoms with Crippen molar-refractivity contribution < 1.29 is 38.1 Å². The van der Waals surface area contributed by atoms with Gasteiger partial charge in [0.05, 0.1) is 16.6 Å². The molecule has 3 atom stereocenters. The van der Waals surface area contributed by atoms with Crippen LogP contribution in [0.15, 0.2) is 141 Å². The van der Waals surface area contributed by atoms with E-state index in [0.29, 0.717) is 21.7 Å². The molecule has 0 fully saturated rings. The van der Waals surface area contributed by atoms with Crippen molar-refractivity contribution in [3.05, 3.63) is 175 Å². The van der Waals surface area contributed by atoms with E-state index in [2.05, 4.69) is 70.3 Å². The Morgan fingerprint density at radius 2 is 0.767 bits per heavy atom. The lowest BCUT2D eigenvalue weighted by atomic mass is 9.88. The van der Waals surface area contributed by atoms with Crippen molar-refractivity contribution >= 4 is 151 Å². The number of imide groups is 2. The number of nitrogens with zero attached hydrogens (tertiary/aromatic N) is 5. The first-order chi connectivity index (χ1) is 41.4. The first kappa shape index (κ1) is 75.0. The number of nitrogens with two attached hydrogens (primary N) is 1. The molecule has 3 aliphatic rings. The number of halogens is 4. The van der Waals surface area contributed by atoms with Gasteiger partial charge in [0.2, 0.25) is 0 Å². The van der Waals surface area contributed by atoms with Gasteiger partial charge in [-0.15, -0.1) is 12.4 Å². The van der Waals surface area contributed by atoms with Gasteiger partial charge >= 0.3 is 24.4 Å². The molecule has 3 heterocycles. The van der Waals surface area contributed by atoms with Crippen LogP contribution in [0.2, 0.25) is 10.0 Å². The molecular weight excluding hydrogens is 1320 g/mol. The molecule has 3 aliphatic heterocycles. The first-order valence-corrected chi connectivity index (χ1v) is 33.7. The molecule has 5 aromatic rings. The third-order valence-electron chi connectivity index (χ3n) is 13.3. The van der Waals surface area contributed by atoms with Crippen LogP contribution in [0, 0.1) is 0 Å². The second-order valence-corrected chi connectivity index (χ2v) is 31.0. The Morgan fingerprint density at radius 1 is 0.467 bits per heavy atom. The summed E-state index contributed by atoms with van der Waals surface area (Å²) < 4.78 is 23.0. The van der Waals surface area contributed by atoms with E-state index in [1.165, 1.54) is 29.1 Å². The van der Waals surface area contributed by atoms with Crippen LogP contribution in [-0.4, -0.2) is 89.3 Å². The van der Waals surface area contributed by atoms with Crippen molar-refractivity contribution in [3.8, 4) is 0 Å². The van der Waals surface area contributed by atoms with Crippen LogP contribution < -0.4 is 5.73 Å². The molecule has 484 valence electrons. The quantitative estimate of drug-likeness (QED) is 0.121. The van der Waals surface area contributed by atoms with Crippen LogP contribution in [0.5, 0.6) is 0 Å². The van der Waals surface area contributed by atoms with Gasteiger partial charge < -0.3 is 24.7 Å². The third-order valence-corrected chi connectivity index (χ3v) is 17.0. The van der Waals surface area contributed by atoms with Gasteiger partial charge in [0, 0.05) is 31.8 Å². The summed E-state index contributed by atoms with van der Waals surface area (Å²) in [4.78, 5) is 68.3. The highest BCUT2D eigenvalue weighted by Gasteiger charge is 2.42. The molecule has 2 N–H and O–H groups in total. The van der Waals surface area contributed by atoms with Gasteiger partial charge in [0.25, 0.3) is 0 Å². The van der Waals surface area contributed by atoms with E-state index in [-0.39, 0.29) is 28.3 Å². The molecule has 4 amide bonds. The van der Waals surface area contributed by atoms with E-state index < -0.39 is 57.9 Å². The number of thioether (sulfide) groups is 3. The van der Waals surface area contributed by atoms with Crippen LogP contribution in [-0.2, 0) is 35.6 Å². The summed E-state index contributed by atoms with van der Waals surface area (Å²) in [6.07, 6.45) is 7.56. The number of hydrogen-bond donors (Lipinski definition) is 1. The smallest absolute Gasteiger partial charge is 0.426 e. The molecule has 21 heteroatoms. The van der Waals surface area contributed by atoms with Gasteiger partial charge in [0.1, 0.15) is 22.4 Å². The minimum absolute atomic E-state index is 0. The predicted octanol–water partition coefficient (Wildman–Crippen LogP) is 20.3. The SMILES string of the molecule is CC(C)(C)OC(=O)N(C(=O)OC(C)(C)C)C1=NC(C)(c2cccc(/C=C/c3ccc(Cl)cc3)c2)CCS1.CC(C)(C)OC(=O)N(C(=O)OC(C)(C)C)C1=NC(C)(c2cccc(Br)c2)CCS1.CC1(c2cccc(/C=C/c3ccc(Cl)cc3)c2)CCSC(N)=N1.Cl. The van der Waals surface area contributed by atoms with E-state index in [1.54, 1.807) is 94.8 Å². The molecule has 0 bridgehead atoms. The second kappa shape index (κ2) is 31.7. The summed E-state index contributed by atoms with van der Waals surface area (Å²) in [5.41, 5.74) is 8.91. The number of benzene rings is 5. The molecule has 0 saturated heterocycles. The summed E-state index contributed by atoms with van der Waals surface area (Å²) in [6, 6.07) is 39.9. The predicted molar refractivity (Wildman–Crippen MR) is 383 cm³/mol. The standard InChI is InChI=1S/C29H35ClN2O4S.C21H29BrN2O4S.C19H19ClN2S.ClH/c1-27(2,3)35-25(33)32(26(34)36-28(4,5)6)24-31-29(7,17-18-37-24)22-10-8-9-21(19-22)12-11-20-13-15-23(30)16-14-20;1-19(2,3)27-17(25)24(18(26)28-20(4,5)6)16-23-21(7,11-12-29-16)14-9-8-10-15(22)13-14;1-19(11-12-23-18(21)22-19)16-4-2-3-15(13-16)6-5-14-7-9-17(20)10-8-14;/h8-16,19H,17-18H2,1-7H3;8-10,13H,11-12H2,1-7H3;2-10,13H,11-12H2,1H3,(H2,21,22);1H/b12-11+;;6-5+;. The maximum absolute atomic E-state index is 13.1. The summed E-state index contributed by atoms with van der Waals surface area (Å²) in [5, 5.41) is 2.67. The van der Waals surface area contributed by atoms with E-state index in [1.807, 2.05) is 117 Å². The summed E-state index contributed by atoms with van der Waals surface area (Å²) in [7, 11) is 0. The van der Waals surface area contributed by atoms with Gasteiger partial charge in [0.15, 0.2) is 15.5 Å². The second-order valence-electron chi connectivity index (χ2n) is 26.0. The Hall–Kier alpha value is -5.73. The van der Waals surface area contributed by atoms with Gasteiger partial charge in [-0.3, -0.25) is 15.0 Å². The molecule has 0 aromatic heterocycles. The molecule has 8 rings (SSSR count). The van der Waals surface area contributed by atoms with Crippen molar-refractivity contribution in [1.82, 2.24) is 9.80 Å². The van der Waals surface area contributed by atoms with E-state index in [0.717, 1.165) is 77.7 Å². The Labute approximate surface area is 569 Å². The topological polar surface area (TPSA) is 175 Å². The lowest BCUT2D eigenvalue weighted by molar-refractivity contribution is 0.0128. The zero-order valence-corrected chi connectivity index (χ0v) is 60.3. The van der Waals surface area contributed by atoms with E-state index in [9.17, 15) is 19.2 Å². The minimum atomic E-state index is -0.808. The van der Waals surface area contributed by atoms with Crippen LogP contribution >= 0.6 is 86.8 Å². The molecule has 14 nitrogen and oxygen atoms in total. The highest BCUT2D eigenvalue weighted by molar-refractivity contribution is 9.10. The van der Waals surface area contributed by atoms with Crippen molar-refractivity contribution in [3.63, 3.8) is 0 Å². The number of carbonyl (C=O) groups excluding carboxylic acids is 4. The zero-order chi connectivity index (χ0) is 65.8. The number of rotatable bonds is 7. The number of carbonyl (C=O) groups is 4.